The van der Waals surface area contributed by atoms with Crippen LogP contribution in [-0.4, -0.2) is 12.8 Å². The molecule has 0 aliphatic heterocycles. The average Bonchev–Trinajstić information content (AvgIpc) is 2.44. The summed E-state index contributed by atoms with van der Waals surface area (Å²) in [6.07, 6.45) is 0. The molecule has 0 atom stereocenters. The number of benzene rings is 2. The van der Waals surface area contributed by atoms with Gasteiger partial charge in [-0.2, -0.15) is 0 Å². The summed E-state index contributed by atoms with van der Waals surface area (Å²) >= 11 is 14.0. The van der Waals surface area contributed by atoms with E-state index in [4.69, 9.17) is 27.9 Å². The maximum absolute atomic E-state index is 11.8. The van der Waals surface area contributed by atoms with Crippen LogP contribution in [0.5, 0.6) is 5.75 Å². The van der Waals surface area contributed by atoms with Gasteiger partial charge in [0.1, 0.15) is 5.75 Å². The van der Waals surface area contributed by atoms with Crippen LogP contribution in [0.4, 0.5) is 10.5 Å². The minimum atomic E-state index is -0.352. The molecule has 0 unspecified atom stereocenters. The highest BCUT2D eigenvalue weighted by Crippen LogP contribution is 2.27. The zero-order valence-corrected chi connectivity index (χ0v) is 15.3. The first-order valence-electron chi connectivity index (χ1n) is 6.34. The van der Waals surface area contributed by atoms with E-state index in [1.54, 1.807) is 18.2 Å². The fourth-order valence-electron chi connectivity index (χ4n) is 1.71. The lowest BCUT2D eigenvalue weighted by molar-refractivity contribution is 0.234. The molecule has 2 aromatic rings. The molecule has 0 radical (unpaired) electrons. The van der Waals surface area contributed by atoms with Crippen LogP contribution in [0.3, 0.4) is 0 Å². The fraction of sp³-hybridized carbons (Fsp3) is 0.133. The first kappa shape index (κ1) is 17.2. The second-order valence-electron chi connectivity index (χ2n) is 4.45. The van der Waals surface area contributed by atoms with Crippen molar-refractivity contribution in [1.29, 1.82) is 0 Å². The number of amides is 2. The van der Waals surface area contributed by atoms with Gasteiger partial charge >= 0.3 is 6.03 Å². The van der Waals surface area contributed by atoms with Gasteiger partial charge in [0.15, 0.2) is 6.73 Å². The monoisotopic (exact) mass is 450 g/mol. The normalized spacial score (nSPS) is 10.2. The molecule has 4 nitrogen and oxygen atoms in total. The molecule has 0 aliphatic rings. The largest absolute Gasteiger partial charge is 0.472 e. The number of aryl methyl sites for hydroxylation is 1. The Bertz CT molecular complexity index is 695. The van der Waals surface area contributed by atoms with Crippen LogP contribution in [0.2, 0.25) is 10.0 Å². The number of nitrogens with one attached hydrogen (secondary N) is 2. The summed E-state index contributed by atoms with van der Waals surface area (Å²) in [4.78, 5) is 11.8. The maximum atomic E-state index is 11.8. The highest BCUT2D eigenvalue weighted by molar-refractivity contribution is 14.1. The number of halogens is 3. The van der Waals surface area contributed by atoms with Gasteiger partial charge in [0.05, 0.1) is 5.02 Å². The molecule has 7 heteroatoms. The predicted octanol–water partition coefficient (Wildman–Crippen LogP) is 5.06. The van der Waals surface area contributed by atoms with Crippen molar-refractivity contribution in [2.24, 2.45) is 0 Å². The Balaban J connectivity index is 1.85. The lowest BCUT2D eigenvalue weighted by Crippen LogP contribution is -2.32. The van der Waals surface area contributed by atoms with Crippen LogP contribution in [0.15, 0.2) is 36.4 Å². The average molecular weight is 451 g/mol. The maximum Gasteiger partial charge on any atom is 0.321 e. The van der Waals surface area contributed by atoms with Crippen LogP contribution < -0.4 is 15.4 Å². The molecule has 0 aliphatic carbocycles. The summed E-state index contributed by atoms with van der Waals surface area (Å²) < 4.78 is 6.50. The van der Waals surface area contributed by atoms with E-state index in [0.29, 0.717) is 15.8 Å². The van der Waals surface area contributed by atoms with E-state index in [1.165, 1.54) is 0 Å². The van der Waals surface area contributed by atoms with Crippen molar-refractivity contribution in [3.8, 4) is 5.75 Å². The molecule has 0 spiro atoms. The number of carbonyl (C=O) groups is 1. The Morgan fingerprint density at radius 3 is 2.68 bits per heavy atom. The van der Waals surface area contributed by atoms with Crippen LogP contribution in [0.25, 0.3) is 0 Å². The van der Waals surface area contributed by atoms with Crippen LogP contribution in [0, 0.1) is 10.5 Å². The number of carbonyl (C=O) groups excluding carboxylic acids is 1. The molecule has 0 saturated carbocycles. The molecule has 116 valence electrons. The first-order valence-corrected chi connectivity index (χ1v) is 8.18. The van der Waals surface area contributed by atoms with Gasteiger partial charge in [-0.1, -0.05) is 23.2 Å². The molecule has 2 amide bonds. The van der Waals surface area contributed by atoms with Crippen molar-refractivity contribution in [1.82, 2.24) is 5.32 Å². The minimum absolute atomic E-state index is 0.00337. The lowest BCUT2D eigenvalue weighted by atomic mass is 10.2. The molecule has 2 N–H and O–H groups in total. The number of urea groups is 1. The Morgan fingerprint density at radius 2 is 2.00 bits per heavy atom. The van der Waals surface area contributed by atoms with E-state index < -0.39 is 0 Å². The number of hydrogen-bond donors (Lipinski definition) is 2. The van der Waals surface area contributed by atoms with E-state index in [1.807, 2.05) is 25.1 Å². The highest BCUT2D eigenvalue weighted by atomic mass is 127. The summed E-state index contributed by atoms with van der Waals surface area (Å²) in [5, 5.41) is 6.27. The SMILES string of the molecule is Cc1cc(I)ccc1NC(=O)NCOc1ccc(Cl)cc1Cl. The Kier molecular flexibility index (Phi) is 6.16. The molecular formula is C15H13Cl2IN2O2. The summed E-state index contributed by atoms with van der Waals surface area (Å²) in [7, 11) is 0. The van der Waals surface area contributed by atoms with Crippen molar-refractivity contribution in [2.75, 3.05) is 12.0 Å². The number of ether oxygens (including phenoxy) is 1. The zero-order valence-electron chi connectivity index (χ0n) is 11.6. The van der Waals surface area contributed by atoms with E-state index in [2.05, 4.69) is 33.2 Å². The quantitative estimate of drug-likeness (QED) is 0.505. The third kappa shape index (κ3) is 4.93. The molecule has 0 bridgehead atoms. The molecular weight excluding hydrogens is 438 g/mol. The molecule has 0 saturated heterocycles. The van der Waals surface area contributed by atoms with Crippen LogP contribution >= 0.6 is 45.8 Å². The second kappa shape index (κ2) is 7.89. The van der Waals surface area contributed by atoms with E-state index >= 15 is 0 Å². The molecule has 0 heterocycles. The van der Waals surface area contributed by atoms with E-state index in [-0.39, 0.29) is 12.8 Å². The number of hydrogen-bond acceptors (Lipinski definition) is 2. The van der Waals surface area contributed by atoms with Crippen molar-refractivity contribution in [3.63, 3.8) is 0 Å². The smallest absolute Gasteiger partial charge is 0.321 e. The van der Waals surface area contributed by atoms with E-state index in [0.717, 1.165) is 14.8 Å². The second-order valence-corrected chi connectivity index (χ2v) is 6.54. The zero-order chi connectivity index (χ0) is 16.1. The Morgan fingerprint density at radius 1 is 1.23 bits per heavy atom. The summed E-state index contributed by atoms with van der Waals surface area (Å²) in [5.41, 5.74) is 1.74. The van der Waals surface area contributed by atoms with Gasteiger partial charge in [0.2, 0.25) is 0 Å². The number of anilines is 1. The minimum Gasteiger partial charge on any atom is -0.472 e. The summed E-state index contributed by atoms with van der Waals surface area (Å²) in [6, 6.07) is 10.3. The van der Waals surface area contributed by atoms with Gasteiger partial charge in [0.25, 0.3) is 0 Å². The van der Waals surface area contributed by atoms with Crippen molar-refractivity contribution in [3.05, 3.63) is 55.6 Å². The molecule has 0 aromatic heterocycles. The van der Waals surface area contributed by atoms with Crippen molar-refractivity contribution in [2.45, 2.75) is 6.92 Å². The standard InChI is InChI=1S/C15H13Cl2IN2O2/c1-9-6-11(18)3-4-13(9)20-15(21)19-8-22-14-5-2-10(16)7-12(14)17/h2-7H,8H2,1H3,(H2,19,20,21). The van der Waals surface area contributed by atoms with Crippen LogP contribution in [0.1, 0.15) is 5.56 Å². The lowest BCUT2D eigenvalue weighted by Gasteiger charge is -2.12. The Labute approximate surface area is 152 Å². The molecule has 2 aromatic carbocycles. The molecule has 22 heavy (non-hydrogen) atoms. The van der Waals surface area contributed by atoms with Gasteiger partial charge in [0, 0.05) is 14.3 Å². The molecule has 0 fully saturated rings. The van der Waals surface area contributed by atoms with Gasteiger partial charge in [-0.15, -0.1) is 0 Å². The number of rotatable bonds is 4. The van der Waals surface area contributed by atoms with Gasteiger partial charge in [-0.3, -0.25) is 0 Å². The third-order valence-electron chi connectivity index (χ3n) is 2.79. The first-order chi connectivity index (χ1) is 10.5. The predicted molar refractivity (Wildman–Crippen MR) is 98.0 cm³/mol. The van der Waals surface area contributed by atoms with Crippen molar-refractivity contribution < 1.29 is 9.53 Å². The summed E-state index contributed by atoms with van der Waals surface area (Å²) in [6.45, 7) is 1.93. The van der Waals surface area contributed by atoms with Crippen molar-refractivity contribution >= 4 is 57.5 Å². The van der Waals surface area contributed by atoms with Crippen LogP contribution in [-0.2, 0) is 0 Å². The van der Waals surface area contributed by atoms with E-state index in [9.17, 15) is 4.79 Å². The van der Waals surface area contributed by atoms with Gasteiger partial charge < -0.3 is 15.4 Å². The topological polar surface area (TPSA) is 50.4 Å². The fourth-order valence-corrected chi connectivity index (χ4v) is 2.82. The van der Waals surface area contributed by atoms with Gasteiger partial charge in [-0.25, -0.2) is 4.79 Å². The third-order valence-corrected chi connectivity index (χ3v) is 3.99. The Hall–Kier alpha value is -1.18. The molecule has 2 rings (SSSR count). The van der Waals surface area contributed by atoms with Gasteiger partial charge in [-0.05, 0) is 71.5 Å². The highest BCUT2D eigenvalue weighted by Gasteiger charge is 2.06. The summed E-state index contributed by atoms with van der Waals surface area (Å²) in [5.74, 6) is 0.455.